The van der Waals surface area contributed by atoms with E-state index in [0.717, 1.165) is 41.0 Å². The number of amides is 1. The summed E-state index contributed by atoms with van der Waals surface area (Å²) >= 11 is 0. The molecular weight excluding hydrogens is 426 g/mol. The van der Waals surface area contributed by atoms with Crippen LogP contribution in [0.15, 0.2) is 65.6 Å². The van der Waals surface area contributed by atoms with E-state index in [1.165, 1.54) is 12.1 Å². The Bertz CT molecular complexity index is 1240. The van der Waals surface area contributed by atoms with E-state index < -0.39 is 10.0 Å². The smallest absolute Gasteiger partial charge is 0.240 e. The van der Waals surface area contributed by atoms with Gasteiger partial charge in [0, 0.05) is 22.9 Å². The molecule has 0 atom stereocenters. The standard InChI is InChI=1S/C24H25N3O4S/c1-16-20(21-5-3-4-6-22(21)31-2)13-14-23(25-16)26-24(28)15-17-7-11-19(12-8-17)32(29,30)27-18-9-10-18/h3-8,11-14,18,27H,9-10,15H2,1-2H3,(H,25,26,28). The van der Waals surface area contributed by atoms with E-state index in [1.54, 1.807) is 25.3 Å². The number of aromatic nitrogens is 1. The van der Waals surface area contributed by atoms with Crippen LogP contribution >= 0.6 is 0 Å². The summed E-state index contributed by atoms with van der Waals surface area (Å²) in [6.45, 7) is 1.88. The average molecular weight is 452 g/mol. The molecule has 1 heterocycles. The summed E-state index contributed by atoms with van der Waals surface area (Å²) in [6.07, 6.45) is 1.88. The molecule has 166 valence electrons. The third-order valence-corrected chi connectivity index (χ3v) is 6.78. The van der Waals surface area contributed by atoms with Crippen molar-refractivity contribution in [2.45, 2.75) is 37.1 Å². The number of nitrogens with zero attached hydrogens (tertiary/aromatic N) is 1. The van der Waals surface area contributed by atoms with Crippen molar-refractivity contribution >= 4 is 21.7 Å². The summed E-state index contributed by atoms with van der Waals surface area (Å²) in [5.41, 5.74) is 3.35. The molecule has 0 radical (unpaired) electrons. The maximum absolute atomic E-state index is 12.5. The van der Waals surface area contributed by atoms with E-state index in [0.29, 0.717) is 5.82 Å². The molecule has 1 aliphatic carbocycles. The van der Waals surface area contributed by atoms with Gasteiger partial charge in [0.1, 0.15) is 11.6 Å². The van der Waals surface area contributed by atoms with Gasteiger partial charge in [0.25, 0.3) is 0 Å². The van der Waals surface area contributed by atoms with Gasteiger partial charge in [-0.1, -0.05) is 30.3 Å². The molecule has 0 unspecified atom stereocenters. The first-order chi connectivity index (χ1) is 15.4. The second-order valence-corrected chi connectivity index (χ2v) is 9.51. The fraction of sp³-hybridized carbons (Fsp3) is 0.250. The molecule has 8 heteroatoms. The highest BCUT2D eigenvalue weighted by molar-refractivity contribution is 7.89. The van der Waals surface area contributed by atoms with Crippen LogP contribution in [0.5, 0.6) is 5.75 Å². The van der Waals surface area contributed by atoms with Crippen molar-refractivity contribution in [1.29, 1.82) is 0 Å². The van der Waals surface area contributed by atoms with Gasteiger partial charge < -0.3 is 10.1 Å². The van der Waals surface area contributed by atoms with Gasteiger partial charge in [0.15, 0.2) is 0 Å². The molecule has 0 bridgehead atoms. The largest absolute Gasteiger partial charge is 0.496 e. The Kier molecular flexibility index (Phi) is 6.25. The zero-order valence-corrected chi connectivity index (χ0v) is 18.8. The monoisotopic (exact) mass is 451 g/mol. The Hall–Kier alpha value is -3.23. The minimum atomic E-state index is -3.50. The van der Waals surface area contributed by atoms with E-state index in [4.69, 9.17) is 4.74 Å². The minimum Gasteiger partial charge on any atom is -0.496 e. The normalized spacial score (nSPS) is 13.6. The minimum absolute atomic E-state index is 0.0516. The fourth-order valence-electron chi connectivity index (χ4n) is 3.43. The first kappa shape index (κ1) is 22.0. The number of carbonyl (C=O) groups excluding carboxylic acids is 1. The summed E-state index contributed by atoms with van der Waals surface area (Å²) in [5.74, 6) is 0.986. The lowest BCUT2D eigenvalue weighted by Crippen LogP contribution is -2.25. The number of carbonyl (C=O) groups is 1. The molecule has 0 saturated heterocycles. The number of para-hydroxylation sites is 1. The first-order valence-corrected chi connectivity index (χ1v) is 11.9. The molecular formula is C24H25N3O4S. The molecule has 2 N–H and O–H groups in total. The Morgan fingerprint density at radius 3 is 2.41 bits per heavy atom. The zero-order chi connectivity index (χ0) is 22.7. The highest BCUT2D eigenvalue weighted by atomic mass is 32.2. The van der Waals surface area contributed by atoms with E-state index >= 15 is 0 Å². The number of sulfonamides is 1. The van der Waals surface area contributed by atoms with Gasteiger partial charge in [-0.3, -0.25) is 4.79 Å². The molecule has 0 spiro atoms. The number of methoxy groups -OCH3 is 1. The molecule has 3 aromatic rings. The van der Waals surface area contributed by atoms with Gasteiger partial charge >= 0.3 is 0 Å². The van der Waals surface area contributed by atoms with Crippen molar-refractivity contribution in [1.82, 2.24) is 9.71 Å². The molecule has 2 aromatic carbocycles. The Morgan fingerprint density at radius 1 is 1.03 bits per heavy atom. The summed E-state index contributed by atoms with van der Waals surface area (Å²) in [7, 11) is -1.87. The lowest BCUT2D eigenvalue weighted by atomic mass is 10.0. The van der Waals surface area contributed by atoms with E-state index in [9.17, 15) is 13.2 Å². The van der Waals surface area contributed by atoms with Crippen molar-refractivity contribution in [3.63, 3.8) is 0 Å². The molecule has 7 nitrogen and oxygen atoms in total. The zero-order valence-electron chi connectivity index (χ0n) is 18.0. The number of hydrogen-bond donors (Lipinski definition) is 2. The summed E-state index contributed by atoms with van der Waals surface area (Å²) in [4.78, 5) is 17.2. The van der Waals surface area contributed by atoms with Crippen LogP contribution in [0.25, 0.3) is 11.1 Å². The van der Waals surface area contributed by atoms with Crippen LogP contribution in [0, 0.1) is 6.92 Å². The van der Waals surface area contributed by atoms with Crippen molar-refractivity contribution < 1.29 is 17.9 Å². The second kappa shape index (κ2) is 9.10. The van der Waals surface area contributed by atoms with Crippen molar-refractivity contribution in [2.75, 3.05) is 12.4 Å². The summed E-state index contributed by atoms with van der Waals surface area (Å²) in [6, 6.07) is 17.8. The highest BCUT2D eigenvalue weighted by Gasteiger charge is 2.27. The number of ether oxygens (including phenoxy) is 1. The maximum atomic E-state index is 12.5. The van der Waals surface area contributed by atoms with Crippen LogP contribution in [0.4, 0.5) is 5.82 Å². The lowest BCUT2D eigenvalue weighted by Gasteiger charge is -2.12. The molecule has 4 rings (SSSR count). The van der Waals surface area contributed by atoms with Crippen LogP contribution in [-0.2, 0) is 21.2 Å². The summed E-state index contributed by atoms with van der Waals surface area (Å²) < 4.78 is 32.6. The van der Waals surface area contributed by atoms with Gasteiger partial charge in [0.2, 0.25) is 15.9 Å². The number of aryl methyl sites for hydroxylation is 1. The molecule has 1 fully saturated rings. The first-order valence-electron chi connectivity index (χ1n) is 10.4. The average Bonchev–Trinajstić information content (AvgIpc) is 3.57. The number of nitrogens with one attached hydrogen (secondary N) is 2. The highest BCUT2D eigenvalue weighted by Crippen LogP contribution is 2.31. The van der Waals surface area contributed by atoms with Gasteiger partial charge in [0.05, 0.1) is 18.4 Å². The van der Waals surface area contributed by atoms with Crippen LogP contribution in [-0.4, -0.2) is 32.5 Å². The van der Waals surface area contributed by atoms with Crippen molar-refractivity contribution in [3.05, 3.63) is 71.9 Å². The topological polar surface area (TPSA) is 97.4 Å². The van der Waals surface area contributed by atoms with Crippen LogP contribution in [0.3, 0.4) is 0 Å². The predicted molar refractivity (Wildman–Crippen MR) is 123 cm³/mol. The molecule has 1 aromatic heterocycles. The number of pyridine rings is 1. The van der Waals surface area contributed by atoms with Crippen molar-refractivity contribution in [2.24, 2.45) is 0 Å². The summed E-state index contributed by atoms with van der Waals surface area (Å²) in [5, 5.41) is 2.81. The molecule has 1 amide bonds. The Morgan fingerprint density at radius 2 is 1.75 bits per heavy atom. The SMILES string of the molecule is COc1ccccc1-c1ccc(NC(=O)Cc2ccc(S(=O)(=O)NC3CC3)cc2)nc1C. The van der Waals surface area contributed by atoms with Gasteiger partial charge in [-0.25, -0.2) is 18.1 Å². The molecule has 1 aliphatic rings. The van der Waals surface area contributed by atoms with E-state index in [1.807, 2.05) is 37.3 Å². The van der Waals surface area contributed by atoms with E-state index in [-0.39, 0.29) is 23.3 Å². The number of benzene rings is 2. The molecule has 0 aliphatic heterocycles. The third kappa shape index (κ3) is 5.15. The third-order valence-electron chi connectivity index (χ3n) is 5.25. The van der Waals surface area contributed by atoms with Gasteiger partial charge in [-0.15, -0.1) is 0 Å². The lowest BCUT2D eigenvalue weighted by molar-refractivity contribution is -0.115. The molecule has 32 heavy (non-hydrogen) atoms. The van der Waals surface area contributed by atoms with Crippen molar-refractivity contribution in [3.8, 4) is 16.9 Å². The van der Waals surface area contributed by atoms with Crippen LogP contribution in [0.2, 0.25) is 0 Å². The number of rotatable bonds is 8. The Labute approximate surface area is 187 Å². The van der Waals surface area contributed by atoms with E-state index in [2.05, 4.69) is 15.0 Å². The quantitative estimate of drug-likeness (QED) is 0.544. The number of anilines is 1. The van der Waals surface area contributed by atoms with Gasteiger partial charge in [-0.05, 0) is 55.7 Å². The predicted octanol–water partition coefficient (Wildman–Crippen LogP) is 3.69. The van der Waals surface area contributed by atoms with Crippen LogP contribution < -0.4 is 14.8 Å². The second-order valence-electron chi connectivity index (χ2n) is 7.79. The number of hydrogen-bond acceptors (Lipinski definition) is 5. The fourth-order valence-corrected chi connectivity index (χ4v) is 4.74. The molecule has 1 saturated carbocycles. The maximum Gasteiger partial charge on any atom is 0.240 e. The van der Waals surface area contributed by atoms with Crippen LogP contribution in [0.1, 0.15) is 24.1 Å². The Balaban J connectivity index is 1.41. The van der Waals surface area contributed by atoms with Gasteiger partial charge in [-0.2, -0.15) is 0 Å².